The van der Waals surface area contributed by atoms with Crippen LogP contribution in [0.5, 0.6) is 0 Å². The zero-order valence-corrected chi connectivity index (χ0v) is 15.5. The van der Waals surface area contributed by atoms with Crippen molar-refractivity contribution in [2.75, 3.05) is 32.1 Å². The Morgan fingerprint density at radius 3 is 2.88 bits per heavy atom. The minimum atomic E-state index is -0.113. The van der Waals surface area contributed by atoms with Crippen molar-refractivity contribution in [1.29, 1.82) is 0 Å². The number of aromatic amines is 1. The number of H-pyrrole nitrogens is 1. The molecular formula is C18H19N5O2S. The van der Waals surface area contributed by atoms with Gasteiger partial charge in [-0.25, -0.2) is 9.97 Å². The molecule has 0 fully saturated rings. The number of rotatable bonds is 2. The van der Waals surface area contributed by atoms with Crippen LogP contribution < -0.4 is 10.5 Å². The van der Waals surface area contributed by atoms with Crippen LogP contribution >= 0.6 is 11.3 Å². The number of benzene rings is 1. The second-order valence-corrected chi connectivity index (χ2v) is 7.36. The first-order chi connectivity index (χ1) is 12.5. The number of thiazole rings is 1. The van der Waals surface area contributed by atoms with Crippen LogP contribution in [0.4, 0.5) is 5.95 Å². The summed E-state index contributed by atoms with van der Waals surface area (Å²) in [5.74, 6) is 0.528. The third-order valence-corrected chi connectivity index (χ3v) is 5.51. The van der Waals surface area contributed by atoms with Crippen LogP contribution in [0.3, 0.4) is 0 Å². The van der Waals surface area contributed by atoms with Gasteiger partial charge in [-0.3, -0.25) is 14.6 Å². The van der Waals surface area contributed by atoms with Gasteiger partial charge in [0.25, 0.3) is 11.5 Å². The summed E-state index contributed by atoms with van der Waals surface area (Å²) >= 11 is 1.47. The highest BCUT2D eigenvalue weighted by Crippen LogP contribution is 2.24. The Balaban J connectivity index is 1.63. The molecule has 1 aromatic carbocycles. The molecule has 1 amide bonds. The Morgan fingerprint density at radius 1 is 1.27 bits per heavy atom. The number of nitrogens with one attached hydrogen (secondary N) is 1. The molecular weight excluding hydrogens is 350 g/mol. The normalized spacial score (nSPS) is 14.2. The van der Waals surface area contributed by atoms with Gasteiger partial charge in [0.1, 0.15) is 0 Å². The Morgan fingerprint density at radius 2 is 2.08 bits per heavy atom. The van der Waals surface area contributed by atoms with Gasteiger partial charge in [0.2, 0.25) is 5.95 Å². The van der Waals surface area contributed by atoms with Crippen molar-refractivity contribution >= 4 is 33.4 Å². The number of carbonyl (C=O) groups is 1. The van der Waals surface area contributed by atoms with Crippen molar-refractivity contribution in [2.24, 2.45) is 0 Å². The predicted molar refractivity (Wildman–Crippen MR) is 102 cm³/mol. The van der Waals surface area contributed by atoms with Gasteiger partial charge in [-0.15, -0.1) is 11.3 Å². The van der Waals surface area contributed by atoms with E-state index < -0.39 is 0 Å². The van der Waals surface area contributed by atoms with Gasteiger partial charge in [0.05, 0.1) is 27.0 Å². The molecule has 3 aromatic rings. The molecule has 8 heteroatoms. The van der Waals surface area contributed by atoms with Gasteiger partial charge in [-0.1, -0.05) is 6.07 Å². The Labute approximate surface area is 154 Å². The minimum absolute atomic E-state index is 0.0167. The summed E-state index contributed by atoms with van der Waals surface area (Å²) in [6.45, 7) is 1.05. The molecule has 3 heterocycles. The fourth-order valence-corrected chi connectivity index (χ4v) is 4.03. The maximum atomic E-state index is 13.1. The standard InChI is InChI=1S/C18H19N5O2S/c1-22(2)18-20-13-7-9-23(8-6-11(13)16(24)21-18)17(25)12-4-3-5-14-15(12)26-10-19-14/h3-5,10H,6-9H2,1-2H3,(H,20,21,24). The maximum Gasteiger partial charge on any atom is 0.255 e. The number of hydrogen-bond donors (Lipinski definition) is 1. The largest absolute Gasteiger partial charge is 0.348 e. The molecule has 1 aliphatic rings. The summed E-state index contributed by atoms with van der Waals surface area (Å²) in [5, 5.41) is 0. The quantitative estimate of drug-likeness (QED) is 0.743. The van der Waals surface area contributed by atoms with Crippen molar-refractivity contribution < 1.29 is 4.79 Å². The number of fused-ring (bicyclic) bond motifs is 2. The van der Waals surface area contributed by atoms with Crippen LogP contribution in [0.25, 0.3) is 10.2 Å². The van der Waals surface area contributed by atoms with Gasteiger partial charge in [-0.05, 0) is 18.6 Å². The van der Waals surface area contributed by atoms with Crippen LogP contribution in [0.2, 0.25) is 0 Å². The summed E-state index contributed by atoms with van der Waals surface area (Å²) in [6.07, 6.45) is 1.08. The SMILES string of the molecule is CN(C)c1nc2c(c(=O)[nH]1)CCN(C(=O)c1cccc3ncsc13)CC2. The number of anilines is 1. The molecule has 7 nitrogen and oxygen atoms in total. The van der Waals surface area contributed by atoms with Crippen molar-refractivity contribution in [2.45, 2.75) is 12.8 Å². The van der Waals surface area contributed by atoms with E-state index in [1.807, 2.05) is 37.2 Å². The van der Waals surface area contributed by atoms with E-state index >= 15 is 0 Å². The summed E-state index contributed by atoms with van der Waals surface area (Å²) in [4.78, 5) is 40.7. The molecule has 0 saturated heterocycles. The van der Waals surface area contributed by atoms with E-state index in [4.69, 9.17) is 0 Å². The lowest BCUT2D eigenvalue weighted by Gasteiger charge is -2.20. The van der Waals surface area contributed by atoms with Crippen LogP contribution in [0.1, 0.15) is 21.6 Å². The molecule has 0 atom stereocenters. The number of nitrogens with zero attached hydrogens (tertiary/aromatic N) is 4. The van der Waals surface area contributed by atoms with E-state index in [1.165, 1.54) is 11.3 Å². The summed E-state index contributed by atoms with van der Waals surface area (Å²) in [7, 11) is 3.68. The van der Waals surface area contributed by atoms with Crippen LogP contribution in [-0.2, 0) is 12.8 Å². The summed E-state index contributed by atoms with van der Waals surface area (Å²) in [6, 6.07) is 5.61. The smallest absolute Gasteiger partial charge is 0.255 e. The topological polar surface area (TPSA) is 82.2 Å². The lowest BCUT2D eigenvalue weighted by molar-refractivity contribution is 0.0765. The Kier molecular flexibility index (Phi) is 4.20. The van der Waals surface area contributed by atoms with E-state index in [9.17, 15) is 9.59 Å². The predicted octanol–water partition coefficient (Wildman–Crippen LogP) is 1.69. The van der Waals surface area contributed by atoms with Crippen LogP contribution in [0, 0.1) is 0 Å². The van der Waals surface area contributed by atoms with E-state index in [-0.39, 0.29) is 11.5 Å². The second-order valence-electron chi connectivity index (χ2n) is 6.51. The highest BCUT2D eigenvalue weighted by atomic mass is 32.1. The highest BCUT2D eigenvalue weighted by Gasteiger charge is 2.24. The van der Waals surface area contributed by atoms with Crippen LogP contribution in [0.15, 0.2) is 28.5 Å². The average Bonchev–Trinajstić information content (AvgIpc) is 3.00. The van der Waals surface area contributed by atoms with Gasteiger partial charge >= 0.3 is 0 Å². The van der Waals surface area contributed by atoms with E-state index in [0.717, 1.165) is 15.9 Å². The molecule has 0 saturated carbocycles. The average molecular weight is 369 g/mol. The van der Waals surface area contributed by atoms with E-state index in [0.29, 0.717) is 43.0 Å². The molecule has 0 aliphatic carbocycles. The molecule has 2 aromatic heterocycles. The molecule has 0 unspecified atom stereocenters. The van der Waals surface area contributed by atoms with E-state index in [2.05, 4.69) is 15.0 Å². The van der Waals surface area contributed by atoms with Crippen molar-refractivity contribution in [3.8, 4) is 0 Å². The molecule has 4 rings (SSSR count). The summed E-state index contributed by atoms with van der Waals surface area (Å²) < 4.78 is 0.908. The van der Waals surface area contributed by atoms with Crippen molar-refractivity contribution in [3.63, 3.8) is 0 Å². The molecule has 0 radical (unpaired) electrons. The van der Waals surface area contributed by atoms with Gasteiger partial charge in [-0.2, -0.15) is 0 Å². The molecule has 0 spiro atoms. The summed E-state index contributed by atoms with van der Waals surface area (Å²) in [5.41, 5.74) is 4.62. The Bertz CT molecular complexity index is 1040. The zero-order chi connectivity index (χ0) is 18.3. The van der Waals surface area contributed by atoms with E-state index in [1.54, 1.807) is 10.4 Å². The third kappa shape index (κ3) is 2.86. The first-order valence-electron chi connectivity index (χ1n) is 8.45. The monoisotopic (exact) mass is 369 g/mol. The fourth-order valence-electron chi connectivity index (χ4n) is 3.24. The first kappa shape index (κ1) is 16.7. The van der Waals surface area contributed by atoms with Gasteiger partial charge in [0, 0.05) is 39.2 Å². The third-order valence-electron chi connectivity index (χ3n) is 4.64. The maximum absolute atomic E-state index is 13.1. The number of carbonyl (C=O) groups excluding carboxylic acids is 1. The number of aromatic nitrogens is 3. The van der Waals surface area contributed by atoms with Crippen molar-refractivity contribution in [1.82, 2.24) is 19.9 Å². The zero-order valence-electron chi connectivity index (χ0n) is 14.7. The van der Waals surface area contributed by atoms with Crippen LogP contribution in [-0.4, -0.2) is 52.9 Å². The number of amides is 1. The van der Waals surface area contributed by atoms with Crippen molar-refractivity contribution in [3.05, 3.63) is 50.9 Å². The fraction of sp³-hybridized carbons (Fsp3) is 0.333. The highest BCUT2D eigenvalue weighted by molar-refractivity contribution is 7.17. The number of hydrogen-bond acceptors (Lipinski definition) is 6. The second kappa shape index (κ2) is 6.53. The molecule has 26 heavy (non-hydrogen) atoms. The minimum Gasteiger partial charge on any atom is -0.348 e. The molecule has 134 valence electrons. The first-order valence-corrected chi connectivity index (χ1v) is 9.33. The molecule has 1 N–H and O–H groups in total. The lowest BCUT2D eigenvalue weighted by atomic mass is 10.1. The molecule has 0 bridgehead atoms. The Hall–Kier alpha value is -2.74. The van der Waals surface area contributed by atoms with Gasteiger partial charge < -0.3 is 9.80 Å². The lowest BCUT2D eigenvalue weighted by Crippen LogP contribution is -2.33. The van der Waals surface area contributed by atoms with Gasteiger partial charge in [0.15, 0.2) is 0 Å². The molecule has 1 aliphatic heterocycles.